The number of nitrogens with one attached hydrogen (secondary N) is 1. The first-order chi connectivity index (χ1) is 13.9. The lowest BCUT2D eigenvalue weighted by molar-refractivity contribution is -0.113. The van der Waals surface area contributed by atoms with E-state index in [0.29, 0.717) is 28.4 Å². The number of aromatic nitrogens is 2. The van der Waals surface area contributed by atoms with Gasteiger partial charge in [0, 0.05) is 11.6 Å². The number of methoxy groups -OCH3 is 1. The van der Waals surface area contributed by atoms with Crippen molar-refractivity contribution in [2.45, 2.75) is 25.0 Å². The maximum atomic E-state index is 13.0. The van der Waals surface area contributed by atoms with Crippen LogP contribution < -0.4 is 10.9 Å². The highest BCUT2D eigenvalue weighted by molar-refractivity contribution is 9.10. The van der Waals surface area contributed by atoms with E-state index in [1.54, 1.807) is 23.8 Å². The Labute approximate surface area is 181 Å². The van der Waals surface area contributed by atoms with Crippen molar-refractivity contribution in [1.29, 1.82) is 0 Å². The van der Waals surface area contributed by atoms with Gasteiger partial charge in [-0.15, -0.1) is 0 Å². The van der Waals surface area contributed by atoms with Crippen molar-refractivity contribution in [1.82, 2.24) is 9.55 Å². The molecule has 1 N–H and O–H groups in total. The van der Waals surface area contributed by atoms with Gasteiger partial charge in [-0.3, -0.25) is 14.2 Å². The van der Waals surface area contributed by atoms with E-state index in [2.05, 4.69) is 26.2 Å². The molecule has 1 atom stereocenters. The molecule has 0 saturated carbocycles. The molecule has 0 fully saturated rings. The fraction of sp³-hybridized carbons (Fsp3) is 0.286. The summed E-state index contributed by atoms with van der Waals surface area (Å²) in [6.07, 6.45) is 0. The van der Waals surface area contributed by atoms with E-state index in [9.17, 15) is 9.59 Å². The number of para-hydroxylation sites is 1. The van der Waals surface area contributed by atoms with Crippen LogP contribution in [0.25, 0.3) is 10.9 Å². The van der Waals surface area contributed by atoms with Gasteiger partial charge in [0.15, 0.2) is 5.16 Å². The molecule has 1 aromatic heterocycles. The highest BCUT2D eigenvalue weighted by atomic mass is 79.9. The standard InChI is InChI=1S/C21H22BrN3O3S/c1-13-8-9-18(16(22)10-13)23-19(26)12-29-21-24-17-7-5-4-6-15(17)20(27)25(21)14(2)11-28-3/h4-10,14H,11-12H2,1-3H3,(H,23,26). The van der Waals surface area contributed by atoms with Gasteiger partial charge in [0.05, 0.1) is 35.0 Å². The van der Waals surface area contributed by atoms with Gasteiger partial charge >= 0.3 is 0 Å². The van der Waals surface area contributed by atoms with Gasteiger partial charge in [-0.1, -0.05) is 30.0 Å². The molecular weight excluding hydrogens is 454 g/mol. The SMILES string of the molecule is COCC(C)n1c(SCC(=O)Nc2ccc(C)cc2Br)nc2ccccc2c1=O. The Balaban J connectivity index is 1.85. The number of rotatable bonds is 7. The summed E-state index contributed by atoms with van der Waals surface area (Å²) >= 11 is 4.70. The number of thioether (sulfide) groups is 1. The molecule has 0 aliphatic rings. The molecule has 0 aliphatic heterocycles. The number of aryl methyl sites for hydroxylation is 1. The second-order valence-corrected chi connectivity index (χ2v) is 8.51. The van der Waals surface area contributed by atoms with Crippen LogP contribution in [0, 0.1) is 6.92 Å². The van der Waals surface area contributed by atoms with Gasteiger partial charge < -0.3 is 10.1 Å². The summed E-state index contributed by atoms with van der Waals surface area (Å²) in [5, 5.41) is 3.93. The molecule has 1 unspecified atom stereocenters. The molecule has 2 aromatic carbocycles. The normalized spacial score (nSPS) is 12.1. The van der Waals surface area contributed by atoms with Crippen LogP contribution in [0.1, 0.15) is 18.5 Å². The molecule has 152 valence electrons. The third kappa shape index (κ3) is 5.07. The third-order valence-electron chi connectivity index (χ3n) is 4.36. The van der Waals surface area contributed by atoms with E-state index in [0.717, 1.165) is 10.0 Å². The second-order valence-electron chi connectivity index (χ2n) is 6.71. The number of anilines is 1. The molecule has 3 rings (SSSR count). The minimum atomic E-state index is -0.207. The molecule has 1 heterocycles. The summed E-state index contributed by atoms with van der Waals surface area (Å²) in [7, 11) is 1.59. The smallest absolute Gasteiger partial charge is 0.262 e. The van der Waals surface area contributed by atoms with Crippen LogP contribution in [-0.2, 0) is 9.53 Å². The van der Waals surface area contributed by atoms with Crippen LogP contribution in [-0.4, -0.2) is 34.9 Å². The average Bonchev–Trinajstić information content (AvgIpc) is 2.69. The highest BCUT2D eigenvalue weighted by Crippen LogP contribution is 2.25. The summed E-state index contributed by atoms with van der Waals surface area (Å²) in [5.74, 6) is -0.0435. The van der Waals surface area contributed by atoms with E-state index in [1.165, 1.54) is 11.8 Å². The van der Waals surface area contributed by atoms with Crippen LogP contribution in [0.5, 0.6) is 0 Å². The number of hydrogen-bond donors (Lipinski definition) is 1. The minimum Gasteiger partial charge on any atom is -0.383 e. The molecule has 0 radical (unpaired) electrons. The maximum absolute atomic E-state index is 13.0. The number of nitrogens with zero attached hydrogens (tertiary/aromatic N) is 2. The number of amides is 1. The summed E-state index contributed by atoms with van der Waals surface area (Å²) in [6.45, 7) is 4.25. The Bertz CT molecular complexity index is 1100. The molecule has 0 aliphatic carbocycles. The first-order valence-electron chi connectivity index (χ1n) is 9.09. The van der Waals surface area contributed by atoms with Gasteiger partial charge in [-0.2, -0.15) is 0 Å². The quantitative estimate of drug-likeness (QED) is 0.404. The van der Waals surface area contributed by atoms with Crippen molar-refractivity contribution < 1.29 is 9.53 Å². The molecule has 1 amide bonds. The molecule has 29 heavy (non-hydrogen) atoms. The lowest BCUT2D eigenvalue weighted by Gasteiger charge is -2.18. The van der Waals surface area contributed by atoms with Crippen molar-refractivity contribution in [3.63, 3.8) is 0 Å². The average molecular weight is 476 g/mol. The summed E-state index contributed by atoms with van der Waals surface area (Å²) in [5.41, 5.74) is 2.28. The van der Waals surface area contributed by atoms with Crippen LogP contribution in [0.2, 0.25) is 0 Å². The zero-order valence-electron chi connectivity index (χ0n) is 16.4. The minimum absolute atomic E-state index is 0.130. The fourth-order valence-corrected chi connectivity index (χ4v) is 4.46. The zero-order chi connectivity index (χ0) is 21.0. The van der Waals surface area contributed by atoms with Crippen molar-refractivity contribution in [3.8, 4) is 0 Å². The first kappa shape index (κ1) is 21.5. The van der Waals surface area contributed by atoms with Crippen LogP contribution in [0.3, 0.4) is 0 Å². The van der Waals surface area contributed by atoms with Gasteiger partial charge in [0.1, 0.15) is 0 Å². The molecule has 0 bridgehead atoms. The molecular formula is C21H22BrN3O3S. The molecule has 6 nitrogen and oxygen atoms in total. The van der Waals surface area contributed by atoms with Gasteiger partial charge in [0.25, 0.3) is 5.56 Å². The summed E-state index contributed by atoms with van der Waals surface area (Å²) < 4.78 is 7.65. The Morgan fingerprint density at radius 2 is 2.07 bits per heavy atom. The number of carbonyl (C=O) groups excluding carboxylic acids is 1. The van der Waals surface area contributed by atoms with Gasteiger partial charge in [-0.25, -0.2) is 4.98 Å². The van der Waals surface area contributed by atoms with E-state index in [4.69, 9.17) is 4.74 Å². The van der Waals surface area contributed by atoms with E-state index in [-0.39, 0.29) is 23.3 Å². The predicted molar refractivity (Wildman–Crippen MR) is 121 cm³/mol. The number of benzene rings is 2. The molecule has 0 spiro atoms. The monoisotopic (exact) mass is 475 g/mol. The number of hydrogen-bond acceptors (Lipinski definition) is 5. The Kier molecular flexibility index (Phi) is 7.10. The topological polar surface area (TPSA) is 73.2 Å². The van der Waals surface area contributed by atoms with E-state index in [1.807, 2.05) is 44.2 Å². The number of halogens is 1. The van der Waals surface area contributed by atoms with Crippen molar-refractivity contribution in [2.24, 2.45) is 0 Å². The lowest BCUT2D eigenvalue weighted by atomic mass is 10.2. The first-order valence-corrected chi connectivity index (χ1v) is 10.9. The number of carbonyl (C=O) groups is 1. The lowest BCUT2D eigenvalue weighted by Crippen LogP contribution is -2.29. The van der Waals surface area contributed by atoms with Crippen LogP contribution >= 0.6 is 27.7 Å². The van der Waals surface area contributed by atoms with Gasteiger partial charge in [-0.05, 0) is 59.6 Å². The molecule has 8 heteroatoms. The zero-order valence-corrected chi connectivity index (χ0v) is 18.8. The van der Waals surface area contributed by atoms with Crippen molar-refractivity contribution in [3.05, 3.63) is 62.9 Å². The fourth-order valence-electron chi connectivity index (χ4n) is 2.97. The number of ether oxygens (including phenoxy) is 1. The Morgan fingerprint density at radius 3 is 2.79 bits per heavy atom. The predicted octanol–water partition coefficient (Wildman–Crippen LogP) is 4.41. The summed E-state index contributed by atoms with van der Waals surface area (Å²) in [6, 6.07) is 12.7. The van der Waals surface area contributed by atoms with Crippen molar-refractivity contribution >= 4 is 50.2 Å². The Hall–Kier alpha value is -2.16. The van der Waals surface area contributed by atoms with E-state index < -0.39 is 0 Å². The van der Waals surface area contributed by atoms with Gasteiger partial charge in [0.2, 0.25) is 5.91 Å². The summed E-state index contributed by atoms with van der Waals surface area (Å²) in [4.78, 5) is 30.1. The maximum Gasteiger partial charge on any atom is 0.262 e. The van der Waals surface area contributed by atoms with Crippen molar-refractivity contribution in [2.75, 3.05) is 24.8 Å². The Morgan fingerprint density at radius 1 is 1.31 bits per heavy atom. The van der Waals surface area contributed by atoms with E-state index >= 15 is 0 Å². The second kappa shape index (κ2) is 9.56. The largest absolute Gasteiger partial charge is 0.383 e. The number of fused-ring (bicyclic) bond motifs is 1. The highest BCUT2D eigenvalue weighted by Gasteiger charge is 2.18. The molecule has 3 aromatic rings. The molecule has 0 saturated heterocycles. The third-order valence-corrected chi connectivity index (χ3v) is 5.96. The van der Waals surface area contributed by atoms with Crippen LogP contribution in [0.4, 0.5) is 5.69 Å². The van der Waals surface area contributed by atoms with Crippen LogP contribution in [0.15, 0.2) is 56.9 Å².